The first kappa shape index (κ1) is 14.3. The maximum Gasteiger partial charge on any atom is 0.0577 e. The molecule has 2 aromatic rings. The van der Waals surface area contributed by atoms with Crippen molar-refractivity contribution in [2.45, 2.75) is 26.8 Å². The van der Waals surface area contributed by atoms with Gasteiger partial charge in [-0.3, -0.25) is 0 Å². The van der Waals surface area contributed by atoms with Gasteiger partial charge < -0.3 is 5.32 Å². The molecule has 2 aromatic carbocycles. The van der Waals surface area contributed by atoms with Crippen LogP contribution >= 0.6 is 15.9 Å². The molecular formula is C17H20BrN. The Kier molecular flexibility index (Phi) is 4.43. The molecule has 0 heterocycles. The molecule has 0 bridgehead atoms. The zero-order valence-electron chi connectivity index (χ0n) is 11.9. The predicted molar refractivity (Wildman–Crippen MR) is 85.7 cm³/mol. The Labute approximate surface area is 124 Å². The fraction of sp³-hybridized carbons (Fsp3) is 0.294. The summed E-state index contributed by atoms with van der Waals surface area (Å²) in [5.41, 5.74) is 6.62. The van der Waals surface area contributed by atoms with E-state index in [9.17, 15) is 0 Å². The third kappa shape index (κ3) is 3.07. The molecule has 0 aliphatic heterocycles. The summed E-state index contributed by atoms with van der Waals surface area (Å²) in [6.45, 7) is 6.48. The van der Waals surface area contributed by atoms with E-state index in [1.807, 2.05) is 7.05 Å². The number of benzene rings is 2. The monoisotopic (exact) mass is 317 g/mol. The molecule has 0 spiro atoms. The first-order valence-corrected chi connectivity index (χ1v) is 7.32. The van der Waals surface area contributed by atoms with E-state index in [0.29, 0.717) is 0 Å². The third-order valence-electron chi connectivity index (χ3n) is 3.70. The van der Waals surface area contributed by atoms with Crippen LogP contribution in [0.3, 0.4) is 0 Å². The molecule has 1 unspecified atom stereocenters. The average Bonchev–Trinajstić information content (AvgIpc) is 2.37. The van der Waals surface area contributed by atoms with Crippen LogP contribution in [0.4, 0.5) is 0 Å². The van der Waals surface area contributed by atoms with Gasteiger partial charge in [-0.05, 0) is 67.8 Å². The maximum absolute atomic E-state index is 3.52. The van der Waals surface area contributed by atoms with Crippen LogP contribution in [0.15, 0.2) is 40.9 Å². The van der Waals surface area contributed by atoms with Crippen molar-refractivity contribution in [2.75, 3.05) is 7.05 Å². The fourth-order valence-corrected chi connectivity index (χ4v) is 2.88. The maximum atomic E-state index is 3.52. The lowest BCUT2D eigenvalue weighted by Gasteiger charge is -2.20. The molecule has 0 aromatic heterocycles. The van der Waals surface area contributed by atoms with Crippen molar-refractivity contribution >= 4 is 15.9 Å². The molecule has 19 heavy (non-hydrogen) atoms. The van der Waals surface area contributed by atoms with Gasteiger partial charge in [0.2, 0.25) is 0 Å². The zero-order chi connectivity index (χ0) is 14.0. The lowest BCUT2D eigenvalue weighted by molar-refractivity contribution is 0.686. The Morgan fingerprint density at radius 2 is 1.63 bits per heavy atom. The Morgan fingerprint density at radius 3 is 2.21 bits per heavy atom. The van der Waals surface area contributed by atoms with Crippen LogP contribution in [-0.4, -0.2) is 7.05 Å². The molecule has 0 radical (unpaired) electrons. The smallest absolute Gasteiger partial charge is 0.0577 e. The summed E-state index contributed by atoms with van der Waals surface area (Å²) in [7, 11) is 2.02. The van der Waals surface area contributed by atoms with Crippen LogP contribution in [-0.2, 0) is 0 Å². The number of nitrogens with one attached hydrogen (secondary N) is 1. The second-order valence-corrected chi connectivity index (χ2v) is 5.98. The highest BCUT2D eigenvalue weighted by molar-refractivity contribution is 9.10. The fourth-order valence-electron chi connectivity index (χ4n) is 2.41. The summed E-state index contributed by atoms with van der Waals surface area (Å²) in [4.78, 5) is 0. The molecule has 0 saturated carbocycles. The Bertz CT molecular complexity index is 590. The van der Waals surface area contributed by atoms with Crippen molar-refractivity contribution in [2.24, 2.45) is 0 Å². The minimum Gasteiger partial charge on any atom is -0.309 e. The molecule has 2 rings (SSSR count). The van der Waals surface area contributed by atoms with Crippen LogP contribution < -0.4 is 5.32 Å². The van der Waals surface area contributed by atoms with E-state index >= 15 is 0 Å². The molecule has 0 fully saturated rings. The predicted octanol–water partition coefficient (Wildman–Crippen LogP) is 4.68. The van der Waals surface area contributed by atoms with E-state index in [1.165, 1.54) is 27.8 Å². The van der Waals surface area contributed by atoms with Crippen LogP contribution in [0.5, 0.6) is 0 Å². The van der Waals surface area contributed by atoms with Crippen LogP contribution in [0, 0.1) is 20.8 Å². The normalized spacial score (nSPS) is 12.5. The van der Waals surface area contributed by atoms with E-state index in [0.717, 1.165) is 4.47 Å². The van der Waals surface area contributed by atoms with Gasteiger partial charge in [-0.2, -0.15) is 0 Å². The van der Waals surface area contributed by atoms with Crippen molar-refractivity contribution in [3.63, 3.8) is 0 Å². The van der Waals surface area contributed by atoms with Crippen molar-refractivity contribution in [1.29, 1.82) is 0 Å². The second kappa shape index (κ2) is 5.89. The lowest BCUT2D eigenvalue weighted by Crippen LogP contribution is -2.18. The topological polar surface area (TPSA) is 12.0 Å². The standard InChI is InChI=1S/C17H20BrN/c1-11-5-6-14(9-12(11)2)17(19-4)16-8-7-15(18)10-13(16)3/h5-10,17,19H,1-4H3. The minimum atomic E-state index is 0.243. The number of hydrogen-bond donors (Lipinski definition) is 1. The SMILES string of the molecule is CNC(c1ccc(C)c(C)c1)c1ccc(Br)cc1C. The second-order valence-electron chi connectivity index (χ2n) is 5.07. The van der Waals surface area contributed by atoms with E-state index in [1.54, 1.807) is 0 Å². The van der Waals surface area contributed by atoms with Gasteiger partial charge in [0.25, 0.3) is 0 Å². The summed E-state index contributed by atoms with van der Waals surface area (Å²) >= 11 is 3.52. The molecule has 0 aliphatic carbocycles. The zero-order valence-corrected chi connectivity index (χ0v) is 13.5. The van der Waals surface area contributed by atoms with Crippen LogP contribution in [0.1, 0.15) is 33.9 Å². The van der Waals surface area contributed by atoms with Gasteiger partial charge in [0, 0.05) is 4.47 Å². The van der Waals surface area contributed by atoms with Gasteiger partial charge in [-0.1, -0.05) is 40.2 Å². The van der Waals surface area contributed by atoms with Crippen molar-refractivity contribution in [1.82, 2.24) is 5.32 Å². The van der Waals surface area contributed by atoms with Gasteiger partial charge in [0.05, 0.1) is 6.04 Å². The molecule has 1 atom stereocenters. The highest BCUT2D eigenvalue weighted by atomic mass is 79.9. The van der Waals surface area contributed by atoms with Gasteiger partial charge in [0.15, 0.2) is 0 Å². The van der Waals surface area contributed by atoms with Gasteiger partial charge in [0.1, 0.15) is 0 Å². The number of halogens is 1. The molecule has 100 valence electrons. The van der Waals surface area contributed by atoms with Crippen molar-refractivity contribution in [3.8, 4) is 0 Å². The van der Waals surface area contributed by atoms with Gasteiger partial charge in [-0.25, -0.2) is 0 Å². The quantitative estimate of drug-likeness (QED) is 0.866. The largest absolute Gasteiger partial charge is 0.309 e. The summed E-state index contributed by atoms with van der Waals surface area (Å²) in [5, 5.41) is 3.43. The summed E-state index contributed by atoms with van der Waals surface area (Å²) < 4.78 is 1.13. The third-order valence-corrected chi connectivity index (χ3v) is 4.19. The first-order valence-electron chi connectivity index (χ1n) is 6.53. The molecular weight excluding hydrogens is 298 g/mol. The van der Waals surface area contributed by atoms with Gasteiger partial charge in [-0.15, -0.1) is 0 Å². The Balaban J connectivity index is 2.46. The molecule has 0 saturated heterocycles. The Hall–Kier alpha value is -1.12. The Morgan fingerprint density at radius 1 is 0.895 bits per heavy atom. The average molecular weight is 318 g/mol. The minimum absolute atomic E-state index is 0.243. The van der Waals surface area contributed by atoms with E-state index < -0.39 is 0 Å². The van der Waals surface area contributed by atoms with E-state index in [-0.39, 0.29) is 6.04 Å². The molecule has 2 heteroatoms. The van der Waals surface area contributed by atoms with Crippen molar-refractivity contribution in [3.05, 3.63) is 68.7 Å². The highest BCUT2D eigenvalue weighted by Crippen LogP contribution is 2.27. The van der Waals surface area contributed by atoms with E-state index in [4.69, 9.17) is 0 Å². The molecule has 0 aliphatic rings. The van der Waals surface area contributed by atoms with E-state index in [2.05, 4.69) is 78.4 Å². The first-order chi connectivity index (χ1) is 9.02. The lowest BCUT2D eigenvalue weighted by atomic mass is 9.93. The van der Waals surface area contributed by atoms with Crippen LogP contribution in [0.25, 0.3) is 0 Å². The summed E-state index contributed by atoms with van der Waals surface area (Å²) in [5.74, 6) is 0. The summed E-state index contributed by atoms with van der Waals surface area (Å²) in [6.07, 6.45) is 0. The summed E-state index contributed by atoms with van der Waals surface area (Å²) in [6, 6.07) is 13.4. The highest BCUT2D eigenvalue weighted by Gasteiger charge is 2.14. The van der Waals surface area contributed by atoms with Crippen LogP contribution in [0.2, 0.25) is 0 Å². The molecule has 1 nitrogen and oxygen atoms in total. The molecule has 1 N–H and O–H groups in total. The number of aryl methyl sites for hydroxylation is 3. The van der Waals surface area contributed by atoms with Gasteiger partial charge >= 0.3 is 0 Å². The van der Waals surface area contributed by atoms with Crippen molar-refractivity contribution < 1.29 is 0 Å². The number of hydrogen-bond acceptors (Lipinski definition) is 1. The number of rotatable bonds is 3. The molecule has 0 amide bonds.